The molecule has 0 unspecified atom stereocenters. The molecular weight excluding hydrogens is 276 g/mol. The maximum atomic E-state index is 12.8. The van der Waals surface area contributed by atoms with Crippen LogP contribution in [0, 0.1) is 19.8 Å². The van der Waals surface area contributed by atoms with E-state index in [-0.39, 0.29) is 5.91 Å². The Hall–Kier alpha value is -1.97. The molecule has 2 aromatic rings. The third kappa shape index (κ3) is 2.82. The molecule has 118 valence electrons. The summed E-state index contributed by atoms with van der Waals surface area (Å²) in [6, 6.07) is 5.87. The summed E-state index contributed by atoms with van der Waals surface area (Å²) < 4.78 is 7.58. The fourth-order valence-electron chi connectivity index (χ4n) is 3.36. The van der Waals surface area contributed by atoms with Crippen LogP contribution in [0.15, 0.2) is 28.9 Å². The lowest BCUT2D eigenvalue weighted by molar-refractivity contribution is 0.0682. The predicted octanol–water partition coefficient (Wildman–Crippen LogP) is 3.62. The molecule has 3 heterocycles. The Kier molecular flexibility index (Phi) is 4.10. The van der Waals surface area contributed by atoms with Crippen LogP contribution in [-0.2, 0) is 6.54 Å². The fourth-order valence-corrected chi connectivity index (χ4v) is 3.36. The van der Waals surface area contributed by atoms with Crippen LogP contribution in [0.1, 0.15) is 47.3 Å². The zero-order valence-electron chi connectivity index (χ0n) is 13.6. The van der Waals surface area contributed by atoms with E-state index >= 15 is 0 Å². The molecule has 0 bridgehead atoms. The Morgan fingerprint density at radius 2 is 2.23 bits per heavy atom. The number of amides is 1. The lowest BCUT2D eigenvalue weighted by Crippen LogP contribution is -2.39. The van der Waals surface area contributed by atoms with Gasteiger partial charge in [0.15, 0.2) is 0 Å². The number of aryl methyl sites for hydroxylation is 1. The lowest BCUT2D eigenvalue weighted by atomic mass is 9.99. The number of hydrogen-bond donors (Lipinski definition) is 0. The summed E-state index contributed by atoms with van der Waals surface area (Å²) in [4.78, 5) is 14.8. The van der Waals surface area contributed by atoms with Crippen molar-refractivity contribution in [3.63, 3.8) is 0 Å². The number of nitrogens with zero attached hydrogens (tertiary/aromatic N) is 2. The number of piperidine rings is 1. The largest absolute Gasteiger partial charge is 0.467 e. The lowest BCUT2D eigenvalue weighted by Gasteiger charge is -2.31. The molecule has 1 amide bonds. The van der Waals surface area contributed by atoms with Gasteiger partial charge in [-0.1, -0.05) is 6.92 Å². The SMILES string of the molecule is Cc1cc(C(=O)N2CCC[C@@H](C)C2)c(C)n1Cc1ccco1. The minimum absolute atomic E-state index is 0.172. The van der Waals surface area contributed by atoms with Gasteiger partial charge in [0.05, 0.1) is 18.4 Å². The minimum atomic E-state index is 0.172. The number of likely N-dealkylation sites (tertiary alicyclic amines) is 1. The van der Waals surface area contributed by atoms with Crippen molar-refractivity contribution in [2.75, 3.05) is 13.1 Å². The third-order valence-electron chi connectivity index (χ3n) is 4.64. The van der Waals surface area contributed by atoms with Gasteiger partial charge >= 0.3 is 0 Å². The standard InChI is InChI=1S/C18H24N2O2/c1-13-6-4-8-19(11-13)18(21)17-10-14(2)20(15(17)3)12-16-7-5-9-22-16/h5,7,9-10,13H,4,6,8,11-12H2,1-3H3/t13-/m1/s1. The molecule has 4 heteroatoms. The molecular formula is C18H24N2O2. The second-order valence-corrected chi connectivity index (χ2v) is 6.45. The Labute approximate surface area is 131 Å². The zero-order valence-corrected chi connectivity index (χ0v) is 13.6. The van der Waals surface area contributed by atoms with E-state index in [2.05, 4.69) is 11.5 Å². The van der Waals surface area contributed by atoms with Crippen molar-refractivity contribution in [2.24, 2.45) is 5.92 Å². The van der Waals surface area contributed by atoms with E-state index in [1.165, 1.54) is 6.42 Å². The molecule has 0 aromatic carbocycles. The summed E-state index contributed by atoms with van der Waals surface area (Å²) >= 11 is 0. The molecule has 22 heavy (non-hydrogen) atoms. The van der Waals surface area contributed by atoms with Gasteiger partial charge in [0.1, 0.15) is 5.76 Å². The number of rotatable bonds is 3. The van der Waals surface area contributed by atoms with Crippen molar-refractivity contribution < 1.29 is 9.21 Å². The van der Waals surface area contributed by atoms with Gasteiger partial charge in [-0.3, -0.25) is 4.79 Å². The number of carbonyl (C=O) groups is 1. The quantitative estimate of drug-likeness (QED) is 0.868. The molecule has 0 spiro atoms. The van der Waals surface area contributed by atoms with Crippen LogP contribution in [0.3, 0.4) is 0 Å². The molecule has 0 aliphatic carbocycles. The van der Waals surface area contributed by atoms with Gasteiger partial charge in [0.25, 0.3) is 5.91 Å². The van der Waals surface area contributed by atoms with E-state index in [0.717, 1.165) is 42.2 Å². The normalized spacial score (nSPS) is 18.7. The van der Waals surface area contributed by atoms with Crippen LogP contribution >= 0.6 is 0 Å². The van der Waals surface area contributed by atoms with Crippen molar-refractivity contribution in [3.8, 4) is 0 Å². The molecule has 0 N–H and O–H groups in total. The van der Waals surface area contributed by atoms with Crippen LogP contribution in [-0.4, -0.2) is 28.5 Å². The van der Waals surface area contributed by atoms with Crippen LogP contribution in [0.4, 0.5) is 0 Å². The Balaban J connectivity index is 1.83. The number of aromatic nitrogens is 1. The summed E-state index contributed by atoms with van der Waals surface area (Å²) in [7, 11) is 0. The number of hydrogen-bond acceptors (Lipinski definition) is 2. The second-order valence-electron chi connectivity index (χ2n) is 6.45. The van der Waals surface area contributed by atoms with Crippen molar-refractivity contribution in [1.82, 2.24) is 9.47 Å². The molecule has 1 aliphatic rings. The number of carbonyl (C=O) groups excluding carboxylic acids is 1. The first-order valence-electron chi connectivity index (χ1n) is 8.04. The van der Waals surface area contributed by atoms with Gasteiger partial charge in [-0.15, -0.1) is 0 Å². The first-order valence-corrected chi connectivity index (χ1v) is 8.04. The van der Waals surface area contributed by atoms with Crippen LogP contribution in [0.2, 0.25) is 0 Å². The number of furan rings is 1. The van der Waals surface area contributed by atoms with Crippen LogP contribution in [0.5, 0.6) is 0 Å². The highest BCUT2D eigenvalue weighted by Gasteiger charge is 2.25. The van der Waals surface area contributed by atoms with Gasteiger partial charge in [0.2, 0.25) is 0 Å². The average molecular weight is 300 g/mol. The molecule has 4 nitrogen and oxygen atoms in total. The topological polar surface area (TPSA) is 38.4 Å². The fraction of sp³-hybridized carbons (Fsp3) is 0.500. The van der Waals surface area contributed by atoms with Gasteiger partial charge in [-0.05, 0) is 50.8 Å². The average Bonchev–Trinajstić information content (AvgIpc) is 3.10. The summed E-state index contributed by atoms with van der Waals surface area (Å²) in [6.07, 6.45) is 4.02. The monoisotopic (exact) mass is 300 g/mol. The summed E-state index contributed by atoms with van der Waals surface area (Å²) in [5.74, 6) is 1.68. The maximum absolute atomic E-state index is 12.8. The minimum Gasteiger partial charge on any atom is -0.467 e. The van der Waals surface area contributed by atoms with Crippen molar-refractivity contribution in [2.45, 2.75) is 40.2 Å². The molecule has 1 fully saturated rings. The van der Waals surface area contributed by atoms with Crippen molar-refractivity contribution in [1.29, 1.82) is 0 Å². The van der Waals surface area contributed by atoms with Gasteiger partial charge in [-0.2, -0.15) is 0 Å². The first-order chi connectivity index (χ1) is 10.6. The first kappa shape index (κ1) is 14.9. The van der Waals surface area contributed by atoms with Gasteiger partial charge in [0, 0.05) is 24.5 Å². The smallest absolute Gasteiger partial charge is 0.255 e. The summed E-state index contributed by atoms with van der Waals surface area (Å²) in [5.41, 5.74) is 2.96. The third-order valence-corrected chi connectivity index (χ3v) is 4.64. The highest BCUT2D eigenvalue weighted by Crippen LogP contribution is 2.22. The Bertz CT molecular complexity index is 655. The Morgan fingerprint density at radius 1 is 1.41 bits per heavy atom. The van der Waals surface area contributed by atoms with Crippen molar-refractivity contribution >= 4 is 5.91 Å². The van der Waals surface area contributed by atoms with E-state index in [1.807, 2.05) is 36.9 Å². The highest BCUT2D eigenvalue weighted by molar-refractivity contribution is 5.95. The summed E-state index contributed by atoms with van der Waals surface area (Å²) in [6.45, 7) is 8.72. The zero-order chi connectivity index (χ0) is 15.7. The van der Waals surface area contributed by atoms with Gasteiger partial charge in [-0.25, -0.2) is 0 Å². The van der Waals surface area contributed by atoms with Crippen LogP contribution < -0.4 is 0 Å². The van der Waals surface area contributed by atoms with E-state index in [4.69, 9.17) is 4.42 Å². The predicted molar refractivity (Wildman–Crippen MR) is 86.0 cm³/mol. The van der Waals surface area contributed by atoms with E-state index in [9.17, 15) is 4.79 Å². The highest BCUT2D eigenvalue weighted by atomic mass is 16.3. The molecule has 1 aliphatic heterocycles. The Morgan fingerprint density at radius 3 is 2.91 bits per heavy atom. The molecule has 2 aromatic heterocycles. The van der Waals surface area contributed by atoms with E-state index in [0.29, 0.717) is 12.5 Å². The maximum Gasteiger partial charge on any atom is 0.255 e. The van der Waals surface area contributed by atoms with Crippen molar-refractivity contribution in [3.05, 3.63) is 47.2 Å². The molecule has 0 radical (unpaired) electrons. The second kappa shape index (κ2) is 6.03. The molecule has 1 atom stereocenters. The summed E-state index contributed by atoms with van der Waals surface area (Å²) in [5, 5.41) is 0. The molecule has 3 rings (SSSR count). The van der Waals surface area contributed by atoms with Gasteiger partial charge < -0.3 is 13.9 Å². The van der Waals surface area contributed by atoms with E-state index < -0.39 is 0 Å². The molecule has 0 saturated carbocycles. The van der Waals surface area contributed by atoms with E-state index in [1.54, 1.807) is 6.26 Å². The molecule has 1 saturated heterocycles. The van der Waals surface area contributed by atoms with Crippen LogP contribution in [0.25, 0.3) is 0 Å².